The molecular weight excluding hydrogens is 300 g/mol. The standard InChI is InChI=1S/C16H20N2O5/c1-9-3-4-10-12(22-13(20)15(10)7-8-17-18-15)14(2)16(9,21)6-5-11(19)23-14/h5-6,9-10,12,21H,3-4,7-8H2,1-2H3/t9-,10+,12+,14-,15+,16+/m0/s1. The Morgan fingerprint density at radius 1 is 1.35 bits per heavy atom. The number of hydrogen-bond donors (Lipinski definition) is 1. The van der Waals surface area contributed by atoms with Crippen LogP contribution in [-0.2, 0) is 19.1 Å². The van der Waals surface area contributed by atoms with E-state index in [0.717, 1.165) is 0 Å². The van der Waals surface area contributed by atoms with Crippen LogP contribution in [-0.4, -0.2) is 46.4 Å². The third-order valence-electron chi connectivity index (χ3n) is 6.19. The fourth-order valence-electron chi connectivity index (χ4n) is 4.71. The summed E-state index contributed by atoms with van der Waals surface area (Å²) in [6.45, 7) is 4.08. The third kappa shape index (κ3) is 1.63. The zero-order valence-electron chi connectivity index (χ0n) is 13.2. The van der Waals surface area contributed by atoms with Gasteiger partial charge in [0, 0.05) is 18.4 Å². The molecule has 2 fully saturated rings. The van der Waals surface area contributed by atoms with Gasteiger partial charge in [-0.2, -0.15) is 10.2 Å². The Morgan fingerprint density at radius 3 is 2.83 bits per heavy atom. The highest BCUT2D eigenvalue weighted by Crippen LogP contribution is 2.55. The molecule has 0 unspecified atom stereocenters. The first-order valence-corrected chi connectivity index (χ1v) is 8.08. The molecule has 1 N–H and O–H groups in total. The van der Waals surface area contributed by atoms with Crippen molar-refractivity contribution in [3.63, 3.8) is 0 Å². The van der Waals surface area contributed by atoms with Gasteiger partial charge in [-0.3, -0.25) is 0 Å². The van der Waals surface area contributed by atoms with E-state index in [4.69, 9.17) is 9.47 Å². The van der Waals surface area contributed by atoms with Gasteiger partial charge in [0.15, 0.2) is 17.2 Å². The average Bonchev–Trinajstić information content (AvgIpc) is 3.07. The van der Waals surface area contributed by atoms with E-state index in [1.807, 2.05) is 6.92 Å². The molecule has 4 rings (SSSR count). The highest BCUT2D eigenvalue weighted by molar-refractivity contribution is 5.86. The van der Waals surface area contributed by atoms with Crippen LogP contribution in [0.4, 0.5) is 0 Å². The van der Waals surface area contributed by atoms with Gasteiger partial charge in [0.05, 0.1) is 6.54 Å². The van der Waals surface area contributed by atoms with Crippen molar-refractivity contribution in [1.82, 2.24) is 0 Å². The van der Waals surface area contributed by atoms with Gasteiger partial charge in [0.2, 0.25) is 0 Å². The Morgan fingerprint density at radius 2 is 2.13 bits per heavy atom. The van der Waals surface area contributed by atoms with Crippen molar-refractivity contribution in [2.75, 3.05) is 6.54 Å². The number of fused-ring (bicyclic) bond motifs is 4. The van der Waals surface area contributed by atoms with Crippen molar-refractivity contribution >= 4 is 11.9 Å². The van der Waals surface area contributed by atoms with Crippen LogP contribution in [0.3, 0.4) is 0 Å². The van der Waals surface area contributed by atoms with E-state index in [0.29, 0.717) is 25.8 Å². The van der Waals surface area contributed by atoms with E-state index >= 15 is 0 Å². The molecule has 0 aromatic rings. The molecule has 0 aromatic carbocycles. The lowest BCUT2D eigenvalue weighted by molar-refractivity contribution is -0.222. The summed E-state index contributed by atoms with van der Waals surface area (Å²) < 4.78 is 11.2. The van der Waals surface area contributed by atoms with Crippen molar-refractivity contribution in [2.24, 2.45) is 22.1 Å². The molecule has 1 saturated carbocycles. The van der Waals surface area contributed by atoms with Crippen LogP contribution in [0.2, 0.25) is 0 Å². The first kappa shape index (κ1) is 14.8. The van der Waals surface area contributed by atoms with Crippen LogP contribution in [0.25, 0.3) is 0 Å². The van der Waals surface area contributed by atoms with Crippen molar-refractivity contribution in [3.8, 4) is 0 Å². The Bertz CT molecular complexity index is 646. The van der Waals surface area contributed by atoms with Gasteiger partial charge in [0.25, 0.3) is 0 Å². The minimum absolute atomic E-state index is 0.142. The maximum atomic E-state index is 12.5. The molecule has 7 heteroatoms. The van der Waals surface area contributed by atoms with E-state index in [1.54, 1.807) is 6.92 Å². The predicted octanol–water partition coefficient (Wildman–Crippen LogP) is 1.16. The molecule has 0 amide bonds. The van der Waals surface area contributed by atoms with Crippen molar-refractivity contribution in [3.05, 3.63) is 12.2 Å². The Balaban J connectivity index is 1.85. The summed E-state index contributed by atoms with van der Waals surface area (Å²) >= 11 is 0. The number of esters is 2. The number of hydrogen-bond acceptors (Lipinski definition) is 7. The first-order valence-electron chi connectivity index (χ1n) is 8.08. The number of nitrogens with zero attached hydrogens (tertiary/aromatic N) is 2. The largest absolute Gasteiger partial charge is 0.456 e. The van der Waals surface area contributed by atoms with Gasteiger partial charge in [-0.25, -0.2) is 9.59 Å². The maximum Gasteiger partial charge on any atom is 0.336 e. The number of aliphatic hydroxyl groups is 1. The van der Waals surface area contributed by atoms with Crippen LogP contribution in [0.5, 0.6) is 0 Å². The minimum Gasteiger partial charge on any atom is -0.456 e. The molecule has 124 valence electrons. The number of carbonyl (C=O) groups is 2. The number of azo groups is 1. The summed E-state index contributed by atoms with van der Waals surface area (Å²) in [6.07, 6.45) is 3.89. The van der Waals surface area contributed by atoms with Gasteiger partial charge in [0.1, 0.15) is 5.60 Å². The minimum atomic E-state index is -1.37. The van der Waals surface area contributed by atoms with Crippen LogP contribution >= 0.6 is 0 Å². The van der Waals surface area contributed by atoms with Crippen molar-refractivity contribution in [1.29, 1.82) is 0 Å². The zero-order chi connectivity index (χ0) is 16.5. The predicted molar refractivity (Wildman–Crippen MR) is 77.4 cm³/mol. The maximum absolute atomic E-state index is 12.5. The molecule has 0 bridgehead atoms. The SMILES string of the molecule is C[C@H]1CC[C@@H]2[C@@H](OC(=O)[C@@]23CCN=N3)[C@]2(C)OC(=O)C=C[C@@]12O. The second-order valence-corrected chi connectivity index (χ2v) is 7.24. The molecule has 1 spiro atoms. The summed E-state index contributed by atoms with van der Waals surface area (Å²) in [6, 6.07) is 0. The fraction of sp³-hybridized carbons (Fsp3) is 0.750. The lowest BCUT2D eigenvalue weighted by Crippen LogP contribution is -2.65. The van der Waals surface area contributed by atoms with Gasteiger partial charge in [-0.05, 0) is 31.8 Å². The van der Waals surface area contributed by atoms with Crippen LogP contribution < -0.4 is 0 Å². The normalized spacial score (nSPS) is 51.2. The Labute approximate surface area is 133 Å². The molecule has 0 aromatic heterocycles. The van der Waals surface area contributed by atoms with Gasteiger partial charge in [-0.1, -0.05) is 6.92 Å². The molecular formula is C16H20N2O5. The molecule has 3 aliphatic heterocycles. The lowest BCUT2D eigenvalue weighted by Gasteiger charge is -2.48. The molecule has 6 atom stereocenters. The van der Waals surface area contributed by atoms with E-state index in [-0.39, 0.29) is 11.8 Å². The van der Waals surface area contributed by atoms with E-state index in [9.17, 15) is 14.7 Å². The van der Waals surface area contributed by atoms with Crippen LogP contribution in [0.1, 0.15) is 33.1 Å². The zero-order valence-corrected chi connectivity index (χ0v) is 13.2. The quantitative estimate of drug-likeness (QED) is 0.675. The Hall–Kier alpha value is -1.76. The molecule has 4 aliphatic rings. The average molecular weight is 320 g/mol. The highest BCUT2D eigenvalue weighted by atomic mass is 16.6. The summed E-state index contributed by atoms with van der Waals surface area (Å²) in [5, 5.41) is 19.5. The Kier molecular flexibility index (Phi) is 2.84. The van der Waals surface area contributed by atoms with E-state index in [2.05, 4.69) is 10.2 Å². The smallest absolute Gasteiger partial charge is 0.336 e. The van der Waals surface area contributed by atoms with Gasteiger partial charge < -0.3 is 14.6 Å². The summed E-state index contributed by atoms with van der Waals surface area (Å²) in [5.74, 6) is -1.34. The van der Waals surface area contributed by atoms with Gasteiger partial charge >= 0.3 is 11.9 Å². The molecule has 1 aliphatic carbocycles. The fourth-order valence-corrected chi connectivity index (χ4v) is 4.71. The molecule has 0 radical (unpaired) electrons. The number of rotatable bonds is 0. The van der Waals surface area contributed by atoms with Gasteiger partial charge in [-0.15, -0.1) is 0 Å². The van der Waals surface area contributed by atoms with E-state index in [1.165, 1.54) is 12.2 Å². The lowest BCUT2D eigenvalue weighted by atomic mass is 9.69. The molecule has 3 heterocycles. The molecule has 7 nitrogen and oxygen atoms in total. The summed E-state index contributed by atoms with van der Waals surface area (Å²) in [4.78, 5) is 24.4. The van der Waals surface area contributed by atoms with Crippen molar-refractivity contribution < 1.29 is 24.2 Å². The molecule has 23 heavy (non-hydrogen) atoms. The van der Waals surface area contributed by atoms with E-state index < -0.39 is 34.8 Å². The second kappa shape index (κ2) is 4.41. The van der Waals surface area contributed by atoms with Crippen molar-refractivity contribution in [2.45, 2.75) is 56.0 Å². The summed E-state index contributed by atoms with van der Waals surface area (Å²) in [5.41, 5.74) is -3.68. The monoisotopic (exact) mass is 320 g/mol. The number of ether oxygens (including phenoxy) is 2. The van der Waals surface area contributed by atoms with Crippen LogP contribution in [0, 0.1) is 11.8 Å². The highest BCUT2D eigenvalue weighted by Gasteiger charge is 2.71. The number of carbonyl (C=O) groups excluding carboxylic acids is 2. The topological polar surface area (TPSA) is 97.5 Å². The second-order valence-electron chi connectivity index (χ2n) is 7.24. The summed E-state index contributed by atoms with van der Waals surface area (Å²) in [7, 11) is 0. The third-order valence-corrected chi connectivity index (χ3v) is 6.19. The first-order chi connectivity index (χ1) is 10.8. The molecule has 1 saturated heterocycles. The van der Waals surface area contributed by atoms with Crippen LogP contribution in [0.15, 0.2) is 22.4 Å².